The third kappa shape index (κ3) is 2.79. The first-order chi connectivity index (χ1) is 10.2. The van der Waals surface area contributed by atoms with Crippen LogP contribution in [0.5, 0.6) is 0 Å². The smallest absolute Gasteiger partial charge is 0.258 e. The molecule has 0 fully saturated rings. The van der Waals surface area contributed by atoms with Crippen LogP contribution in [0, 0.1) is 10.1 Å². The number of nitrogens with zero attached hydrogens (tertiary/aromatic N) is 4. The van der Waals surface area contributed by atoms with Crippen molar-refractivity contribution in [3.63, 3.8) is 0 Å². The lowest BCUT2D eigenvalue weighted by Crippen LogP contribution is -2.03. The molecule has 6 nitrogen and oxygen atoms in total. The summed E-state index contributed by atoms with van der Waals surface area (Å²) in [5.74, 6) is 0.606. The van der Waals surface area contributed by atoms with Crippen LogP contribution in [0.2, 0.25) is 0 Å². The Balaban J connectivity index is 1.87. The van der Waals surface area contributed by atoms with E-state index < -0.39 is 0 Å². The number of hydrogen-bond acceptors (Lipinski definition) is 4. The average Bonchev–Trinajstić information content (AvgIpc) is 2.97. The van der Waals surface area contributed by atoms with E-state index >= 15 is 0 Å². The predicted octanol–water partition coefficient (Wildman–Crippen LogP) is 2.90. The van der Waals surface area contributed by atoms with Crippen LogP contribution in [-0.4, -0.2) is 19.7 Å². The molecule has 1 aromatic heterocycles. The molecule has 0 saturated carbocycles. The monoisotopic (exact) mass is 280 g/mol. The van der Waals surface area contributed by atoms with Crippen LogP contribution in [-0.2, 0) is 6.54 Å². The van der Waals surface area contributed by atoms with Crippen LogP contribution in [0.25, 0.3) is 11.4 Å². The van der Waals surface area contributed by atoms with E-state index in [1.807, 2.05) is 30.3 Å². The summed E-state index contributed by atoms with van der Waals surface area (Å²) < 4.78 is 1.60. The van der Waals surface area contributed by atoms with Crippen molar-refractivity contribution in [2.75, 3.05) is 0 Å². The van der Waals surface area contributed by atoms with Gasteiger partial charge in [0.05, 0.1) is 17.0 Å². The second-order valence-electron chi connectivity index (χ2n) is 4.52. The summed E-state index contributed by atoms with van der Waals surface area (Å²) in [6, 6.07) is 16.2. The zero-order valence-corrected chi connectivity index (χ0v) is 11.1. The van der Waals surface area contributed by atoms with E-state index in [0.29, 0.717) is 17.9 Å². The van der Waals surface area contributed by atoms with Gasteiger partial charge in [0.1, 0.15) is 6.33 Å². The summed E-state index contributed by atoms with van der Waals surface area (Å²) >= 11 is 0. The van der Waals surface area contributed by atoms with Gasteiger partial charge in [-0.05, 0) is 0 Å². The summed E-state index contributed by atoms with van der Waals surface area (Å²) in [7, 11) is 0. The van der Waals surface area contributed by atoms with Gasteiger partial charge in [-0.25, -0.2) is 9.67 Å². The van der Waals surface area contributed by atoms with E-state index in [1.54, 1.807) is 29.2 Å². The van der Waals surface area contributed by atoms with Crippen LogP contribution in [0.15, 0.2) is 60.9 Å². The topological polar surface area (TPSA) is 73.8 Å². The van der Waals surface area contributed by atoms with Gasteiger partial charge in [-0.2, -0.15) is 5.10 Å². The Morgan fingerprint density at radius 3 is 2.52 bits per heavy atom. The van der Waals surface area contributed by atoms with E-state index in [-0.39, 0.29) is 10.6 Å². The third-order valence-corrected chi connectivity index (χ3v) is 3.09. The molecule has 0 aliphatic heterocycles. The minimum atomic E-state index is -0.385. The minimum Gasteiger partial charge on any atom is -0.258 e. The molecule has 3 aromatic rings. The van der Waals surface area contributed by atoms with Gasteiger partial charge in [-0.1, -0.05) is 48.5 Å². The van der Waals surface area contributed by atoms with Gasteiger partial charge < -0.3 is 0 Å². The van der Waals surface area contributed by atoms with E-state index in [9.17, 15) is 10.1 Å². The van der Waals surface area contributed by atoms with Gasteiger partial charge in [0, 0.05) is 11.6 Å². The van der Waals surface area contributed by atoms with Gasteiger partial charge in [0.25, 0.3) is 5.69 Å². The Morgan fingerprint density at radius 2 is 1.76 bits per heavy atom. The van der Waals surface area contributed by atoms with Crippen molar-refractivity contribution in [1.82, 2.24) is 14.8 Å². The van der Waals surface area contributed by atoms with Crippen LogP contribution < -0.4 is 0 Å². The van der Waals surface area contributed by atoms with E-state index in [1.165, 1.54) is 6.07 Å². The first kappa shape index (κ1) is 13.0. The van der Waals surface area contributed by atoms with Gasteiger partial charge in [0.2, 0.25) is 0 Å². The normalized spacial score (nSPS) is 10.5. The van der Waals surface area contributed by atoms with E-state index in [4.69, 9.17) is 0 Å². The molecular formula is C15H12N4O2. The Kier molecular flexibility index (Phi) is 3.42. The molecule has 0 radical (unpaired) electrons. The lowest BCUT2D eigenvalue weighted by molar-refractivity contribution is -0.385. The quantitative estimate of drug-likeness (QED) is 0.544. The van der Waals surface area contributed by atoms with Crippen molar-refractivity contribution >= 4 is 5.69 Å². The summed E-state index contributed by atoms with van der Waals surface area (Å²) in [6.45, 7) is 0.316. The Morgan fingerprint density at radius 1 is 1.05 bits per heavy atom. The molecule has 0 aliphatic carbocycles. The highest BCUT2D eigenvalue weighted by atomic mass is 16.6. The molecule has 6 heteroatoms. The summed E-state index contributed by atoms with van der Waals surface area (Å²) in [6.07, 6.45) is 1.58. The molecule has 0 aliphatic rings. The van der Waals surface area contributed by atoms with Crippen LogP contribution in [0.1, 0.15) is 5.56 Å². The van der Waals surface area contributed by atoms with Crippen LogP contribution in [0.3, 0.4) is 0 Å². The Hall–Kier alpha value is -3.02. The number of aromatic nitrogens is 3. The second kappa shape index (κ2) is 5.54. The maximum atomic E-state index is 11.0. The maximum absolute atomic E-state index is 11.0. The van der Waals surface area contributed by atoms with Gasteiger partial charge in [0.15, 0.2) is 5.82 Å². The predicted molar refractivity (Wildman–Crippen MR) is 77.7 cm³/mol. The maximum Gasteiger partial charge on any atom is 0.274 e. The summed E-state index contributed by atoms with van der Waals surface area (Å²) in [5.41, 5.74) is 1.61. The van der Waals surface area contributed by atoms with Crippen molar-refractivity contribution < 1.29 is 4.92 Å². The molecule has 0 amide bonds. The molecule has 0 unspecified atom stereocenters. The average molecular weight is 280 g/mol. The molecule has 0 saturated heterocycles. The lowest BCUT2D eigenvalue weighted by atomic mass is 10.2. The largest absolute Gasteiger partial charge is 0.274 e. The number of nitro benzene ring substituents is 1. The van der Waals surface area contributed by atoms with Gasteiger partial charge in [-0.15, -0.1) is 0 Å². The van der Waals surface area contributed by atoms with Crippen molar-refractivity contribution in [2.45, 2.75) is 6.54 Å². The van der Waals surface area contributed by atoms with Crippen LogP contribution in [0.4, 0.5) is 5.69 Å². The fourth-order valence-electron chi connectivity index (χ4n) is 2.09. The number of hydrogen-bond donors (Lipinski definition) is 0. The molecule has 3 rings (SSSR count). The number of nitro groups is 1. The van der Waals surface area contributed by atoms with E-state index in [0.717, 1.165) is 5.56 Å². The molecule has 1 heterocycles. The molecule has 2 aromatic carbocycles. The zero-order chi connectivity index (χ0) is 14.7. The summed E-state index contributed by atoms with van der Waals surface area (Å²) in [5, 5.41) is 15.4. The van der Waals surface area contributed by atoms with Crippen LogP contribution >= 0.6 is 0 Å². The van der Waals surface area contributed by atoms with Crippen molar-refractivity contribution in [3.8, 4) is 11.4 Å². The lowest BCUT2D eigenvalue weighted by Gasteiger charge is -2.02. The first-order valence-corrected chi connectivity index (χ1v) is 6.41. The third-order valence-electron chi connectivity index (χ3n) is 3.09. The second-order valence-corrected chi connectivity index (χ2v) is 4.52. The first-order valence-electron chi connectivity index (χ1n) is 6.41. The van der Waals surface area contributed by atoms with Crippen molar-refractivity contribution in [3.05, 3.63) is 76.6 Å². The Labute approximate surface area is 120 Å². The number of para-hydroxylation sites is 1. The zero-order valence-electron chi connectivity index (χ0n) is 11.1. The highest BCUT2D eigenvalue weighted by molar-refractivity contribution is 5.53. The van der Waals surface area contributed by atoms with E-state index in [2.05, 4.69) is 10.1 Å². The van der Waals surface area contributed by atoms with Crippen molar-refractivity contribution in [1.29, 1.82) is 0 Å². The molecule has 21 heavy (non-hydrogen) atoms. The fraction of sp³-hybridized carbons (Fsp3) is 0.0667. The molecule has 0 N–H and O–H groups in total. The fourth-order valence-corrected chi connectivity index (χ4v) is 2.09. The van der Waals surface area contributed by atoms with Gasteiger partial charge in [-0.3, -0.25) is 10.1 Å². The standard InChI is InChI=1S/C15H12N4O2/c20-19(21)14-9-5-4-8-13(14)10-18-11-16-15(17-18)12-6-2-1-3-7-12/h1-9,11H,10H2. The molecule has 0 spiro atoms. The molecule has 0 bridgehead atoms. The Bertz CT molecular complexity index is 768. The highest BCUT2D eigenvalue weighted by Gasteiger charge is 2.13. The SMILES string of the molecule is O=[N+]([O-])c1ccccc1Cn1cnc(-c2ccccc2)n1. The number of rotatable bonds is 4. The molecule has 0 atom stereocenters. The molecular weight excluding hydrogens is 268 g/mol. The number of benzene rings is 2. The minimum absolute atomic E-state index is 0.0919. The van der Waals surface area contributed by atoms with Gasteiger partial charge >= 0.3 is 0 Å². The highest BCUT2D eigenvalue weighted by Crippen LogP contribution is 2.19. The molecule has 104 valence electrons. The van der Waals surface area contributed by atoms with Crippen molar-refractivity contribution in [2.24, 2.45) is 0 Å². The summed E-state index contributed by atoms with van der Waals surface area (Å²) in [4.78, 5) is 14.9.